The van der Waals surface area contributed by atoms with Crippen molar-refractivity contribution in [3.05, 3.63) is 41.2 Å². The lowest BCUT2D eigenvalue weighted by Gasteiger charge is -2.28. The summed E-state index contributed by atoms with van der Waals surface area (Å²) in [7, 11) is 0. The van der Waals surface area contributed by atoms with E-state index in [1.54, 1.807) is 12.1 Å². The first-order valence-corrected chi connectivity index (χ1v) is 7.74. The molecule has 2 heterocycles. The Morgan fingerprint density at radius 1 is 1.04 bits per heavy atom. The fourth-order valence-corrected chi connectivity index (χ4v) is 2.81. The molecule has 1 fully saturated rings. The van der Waals surface area contributed by atoms with Crippen LogP contribution in [0.4, 0.5) is 0 Å². The van der Waals surface area contributed by atoms with E-state index in [4.69, 9.17) is 4.74 Å². The molecule has 0 aliphatic carbocycles. The smallest absolute Gasteiger partial charge is 0.296 e. The molecular formula is C17H20N2O4. The number of aliphatic hydroxyl groups excluding tert-OH is 1. The van der Waals surface area contributed by atoms with Gasteiger partial charge in [-0.2, -0.15) is 0 Å². The Morgan fingerprint density at radius 2 is 1.70 bits per heavy atom. The van der Waals surface area contributed by atoms with Crippen LogP contribution in [0.15, 0.2) is 30.0 Å². The summed E-state index contributed by atoms with van der Waals surface area (Å²) in [5.41, 5.74) is 1.71. The topological polar surface area (TPSA) is 70.1 Å². The molecular weight excluding hydrogens is 296 g/mol. The van der Waals surface area contributed by atoms with Crippen LogP contribution in [-0.4, -0.2) is 66.1 Å². The van der Waals surface area contributed by atoms with Crippen molar-refractivity contribution < 1.29 is 19.4 Å². The lowest BCUT2D eigenvalue weighted by Crippen LogP contribution is -2.43. The van der Waals surface area contributed by atoms with Crippen LogP contribution in [0, 0.1) is 6.92 Å². The van der Waals surface area contributed by atoms with Crippen LogP contribution in [0.2, 0.25) is 0 Å². The van der Waals surface area contributed by atoms with Gasteiger partial charge < -0.3 is 9.84 Å². The molecule has 0 radical (unpaired) electrons. The van der Waals surface area contributed by atoms with Crippen molar-refractivity contribution >= 4 is 17.4 Å². The summed E-state index contributed by atoms with van der Waals surface area (Å²) in [6.07, 6.45) is 0. The number of ether oxygens (including phenoxy) is 1. The number of carbonyl (C=O) groups is 2. The number of rotatable bonds is 4. The van der Waals surface area contributed by atoms with Crippen molar-refractivity contribution in [3.63, 3.8) is 0 Å². The minimum absolute atomic E-state index is 0.0944. The minimum atomic E-state index is -0.612. The molecule has 2 amide bonds. The van der Waals surface area contributed by atoms with Crippen LogP contribution < -0.4 is 0 Å². The van der Waals surface area contributed by atoms with E-state index in [-0.39, 0.29) is 12.1 Å². The lowest BCUT2D eigenvalue weighted by atomic mass is 10.0. The van der Waals surface area contributed by atoms with E-state index < -0.39 is 17.6 Å². The number of hydrogen-bond donors (Lipinski definition) is 1. The van der Waals surface area contributed by atoms with E-state index >= 15 is 0 Å². The van der Waals surface area contributed by atoms with E-state index in [0.717, 1.165) is 23.6 Å². The maximum atomic E-state index is 12.5. The molecule has 23 heavy (non-hydrogen) atoms. The van der Waals surface area contributed by atoms with Crippen LogP contribution in [0.1, 0.15) is 11.1 Å². The number of morpholine rings is 1. The van der Waals surface area contributed by atoms with Crippen molar-refractivity contribution in [3.8, 4) is 0 Å². The monoisotopic (exact) mass is 316 g/mol. The summed E-state index contributed by atoms with van der Waals surface area (Å²) in [4.78, 5) is 28.0. The molecule has 2 aliphatic rings. The van der Waals surface area contributed by atoms with Crippen LogP contribution in [0.5, 0.6) is 0 Å². The maximum absolute atomic E-state index is 12.5. The van der Waals surface area contributed by atoms with Crippen molar-refractivity contribution in [1.29, 1.82) is 0 Å². The number of carbonyl (C=O) groups excluding carboxylic acids is 2. The van der Waals surface area contributed by atoms with Crippen LogP contribution in [-0.2, 0) is 14.3 Å². The third-order valence-electron chi connectivity index (χ3n) is 4.23. The first kappa shape index (κ1) is 15.7. The van der Waals surface area contributed by atoms with Crippen molar-refractivity contribution in [1.82, 2.24) is 9.80 Å². The molecule has 3 rings (SSSR count). The number of aliphatic hydroxyl groups is 1. The van der Waals surface area contributed by atoms with Crippen molar-refractivity contribution in [2.45, 2.75) is 6.92 Å². The van der Waals surface area contributed by atoms with E-state index in [2.05, 4.69) is 4.90 Å². The largest absolute Gasteiger partial charge is 0.502 e. The summed E-state index contributed by atoms with van der Waals surface area (Å²) in [6, 6.07) is 7.20. The molecule has 1 aromatic rings. The van der Waals surface area contributed by atoms with Gasteiger partial charge in [-0.15, -0.1) is 0 Å². The highest BCUT2D eigenvalue weighted by Gasteiger charge is 2.39. The Balaban J connectivity index is 1.72. The molecule has 122 valence electrons. The fraction of sp³-hybridized carbons (Fsp3) is 0.412. The molecule has 6 nitrogen and oxygen atoms in total. The highest BCUT2D eigenvalue weighted by atomic mass is 16.5. The highest BCUT2D eigenvalue weighted by Crippen LogP contribution is 2.28. The Morgan fingerprint density at radius 3 is 2.35 bits per heavy atom. The van der Waals surface area contributed by atoms with Gasteiger partial charge in [0.15, 0.2) is 5.76 Å². The number of benzene rings is 1. The quantitative estimate of drug-likeness (QED) is 0.838. The molecule has 2 aliphatic heterocycles. The van der Waals surface area contributed by atoms with E-state index in [1.807, 2.05) is 19.1 Å². The maximum Gasteiger partial charge on any atom is 0.296 e. The zero-order valence-corrected chi connectivity index (χ0v) is 13.1. The Bertz CT molecular complexity index is 645. The second kappa shape index (κ2) is 6.52. The molecule has 0 bridgehead atoms. The molecule has 1 N–H and O–H groups in total. The number of aryl methyl sites for hydroxylation is 1. The summed E-state index contributed by atoms with van der Waals surface area (Å²) >= 11 is 0. The average molecular weight is 316 g/mol. The first-order valence-electron chi connectivity index (χ1n) is 7.74. The molecule has 0 saturated carbocycles. The molecule has 0 atom stereocenters. The molecule has 0 unspecified atom stereocenters. The number of hydrogen-bond acceptors (Lipinski definition) is 5. The van der Waals surface area contributed by atoms with Crippen LogP contribution >= 0.6 is 0 Å². The standard InChI is InChI=1S/C17H20N2O4/c1-12-2-4-13(5-3-12)14-15(20)17(22)19(16(14)21)7-6-18-8-10-23-11-9-18/h2-5,20H,6-11H2,1H3. The molecule has 0 spiro atoms. The predicted molar refractivity (Wildman–Crippen MR) is 84.7 cm³/mol. The number of imide groups is 1. The van der Waals surface area contributed by atoms with Gasteiger partial charge in [-0.05, 0) is 12.5 Å². The van der Waals surface area contributed by atoms with Gasteiger partial charge in [0, 0.05) is 26.2 Å². The third kappa shape index (κ3) is 3.13. The van der Waals surface area contributed by atoms with Gasteiger partial charge >= 0.3 is 0 Å². The van der Waals surface area contributed by atoms with Crippen LogP contribution in [0.3, 0.4) is 0 Å². The lowest BCUT2D eigenvalue weighted by molar-refractivity contribution is -0.138. The normalized spacial score (nSPS) is 19.8. The van der Waals surface area contributed by atoms with Crippen LogP contribution in [0.25, 0.3) is 5.57 Å². The van der Waals surface area contributed by atoms with Crippen molar-refractivity contribution in [2.24, 2.45) is 0 Å². The van der Waals surface area contributed by atoms with Gasteiger partial charge in [-0.25, -0.2) is 0 Å². The van der Waals surface area contributed by atoms with E-state index in [1.165, 1.54) is 0 Å². The number of nitrogens with zero attached hydrogens (tertiary/aromatic N) is 2. The average Bonchev–Trinajstić information content (AvgIpc) is 2.78. The summed E-state index contributed by atoms with van der Waals surface area (Å²) in [6.45, 7) is 5.72. The zero-order valence-electron chi connectivity index (χ0n) is 13.1. The predicted octanol–water partition coefficient (Wildman–Crippen LogP) is 0.965. The third-order valence-corrected chi connectivity index (χ3v) is 4.23. The minimum Gasteiger partial charge on any atom is -0.502 e. The van der Waals surface area contributed by atoms with E-state index in [0.29, 0.717) is 25.3 Å². The number of amides is 2. The van der Waals surface area contributed by atoms with E-state index in [9.17, 15) is 14.7 Å². The Labute approximate surface area is 134 Å². The van der Waals surface area contributed by atoms with Gasteiger partial charge in [0.2, 0.25) is 0 Å². The molecule has 1 aromatic carbocycles. The highest BCUT2D eigenvalue weighted by molar-refractivity contribution is 6.34. The fourth-order valence-electron chi connectivity index (χ4n) is 2.81. The van der Waals surface area contributed by atoms with Gasteiger partial charge in [-0.1, -0.05) is 29.8 Å². The first-order chi connectivity index (χ1) is 11.1. The molecule has 0 aromatic heterocycles. The SMILES string of the molecule is Cc1ccc(C2=C(O)C(=O)N(CCN3CCOCC3)C2=O)cc1. The second-order valence-corrected chi connectivity index (χ2v) is 5.81. The zero-order chi connectivity index (χ0) is 16.4. The molecule has 1 saturated heterocycles. The van der Waals surface area contributed by atoms with Gasteiger partial charge in [0.1, 0.15) is 0 Å². The summed E-state index contributed by atoms with van der Waals surface area (Å²) < 4.78 is 5.28. The second-order valence-electron chi connectivity index (χ2n) is 5.81. The molecule has 6 heteroatoms. The summed E-state index contributed by atoms with van der Waals surface area (Å²) in [5.74, 6) is -1.50. The van der Waals surface area contributed by atoms with Gasteiger partial charge in [0.05, 0.1) is 18.8 Å². The Kier molecular flexibility index (Phi) is 4.45. The van der Waals surface area contributed by atoms with Gasteiger partial charge in [0.25, 0.3) is 11.8 Å². The van der Waals surface area contributed by atoms with Gasteiger partial charge in [-0.3, -0.25) is 19.4 Å². The van der Waals surface area contributed by atoms with Crippen molar-refractivity contribution in [2.75, 3.05) is 39.4 Å². The Hall–Kier alpha value is -2.18. The summed E-state index contributed by atoms with van der Waals surface area (Å²) in [5, 5.41) is 10.1.